The summed E-state index contributed by atoms with van der Waals surface area (Å²) in [4.78, 5) is 4.56. The van der Waals surface area contributed by atoms with E-state index in [4.69, 9.17) is 15.0 Å². The van der Waals surface area contributed by atoms with Crippen LogP contribution in [0.25, 0.3) is 0 Å². The van der Waals surface area contributed by atoms with Crippen LogP contribution in [0.5, 0.6) is 5.75 Å². The van der Waals surface area contributed by atoms with Crippen molar-refractivity contribution in [1.29, 1.82) is 0 Å². The average Bonchev–Trinajstić information content (AvgIpc) is 2.97. The first-order valence-corrected chi connectivity index (χ1v) is 6.88. The molecule has 5 heteroatoms. The van der Waals surface area contributed by atoms with Crippen LogP contribution in [0.3, 0.4) is 0 Å². The number of hydrogen-bond donors (Lipinski definition) is 1. The van der Waals surface area contributed by atoms with E-state index >= 15 is 0 Å². The Morgan fingerprint density at radius 1 is 1.35 bits per heavy atom. The summed E-state index contributed by atoms with van der Waals surface area (Å²) in [6.07, 6.45) is 0.860. The normalized spacial score (nSPS) is 18.4. The molecular formula is C15H19N3O2. The number of hydrogen-bond acceptors (Lipinski definition) is 5. The van der Waals surface area contributed by atoms with E-state index in [2.05, 4.69) is 16.2 Å². The summed E-state index contributed by atoms with van der Waals surface area (Å²) in [6, 6.07) is 8.02. The van der Waals surface area contributed by atoms with Gasteiger partial charge in [-0.1, -0.05) is 23.4 Å². The van der Waals surface area contributed by atoms with Crippen LogP contribution < -0.4 is 10.5 Å². The smallest absolute Gasteiger partial charge is 0.233 e. The van der Waals surface area contributed by atoms with Crippen molar-refractivity contribution in [2.24, 2.45) is 5.73 Å². The van der Waals surface area contributed by atoms with Crippen LogP contribution in [0.2, 0.25) is 0 Å². The summed E-state index contributed by atoms with van der Waals surface area (Å²) < 4.78 is 11.1. The van der Waals surface area contributed by atoms with Gasteiger partial charge in [-0.3, -0.25) is 0 Å². The SMILES string of the molecule is CC(C)(CN)c1nc(C2CCOc3ccccc32)no1. The molecule has 0 radical (unpaired) electrons. The zero-order valence-electron chi connectivity index (χ0n) is 11.8. The summed E-state index contributed by atoms with van der Waals surface area (Å²) in [5.41, 5.74) is 6.58. The quantitative estimate of drug-likeness (QED) is 0.928. The number of ether oxygens (including phenoxy) is 1. The summed E-state index contributed by atoms with van der Waals surface area (Å²) in [7, 11) is 0. The molecule has 2 aromatic rings. The van der Waals surface area contributed by atoms with Gasteiger partial charge in [0, 0.05) is 12.1 Å². The van der Waals surface area contributed by atoms with Crippen molar-refractivity contribution < 1.29 is 9.26 Å². The molecule has 20 heavy (non-hydrogen) atoms. The predicted octanol–water partition coefficient (Wildman–Crippen LogP) is 2.22. The summed E-state index contributed by atoms with van der Waals surface area (Å²) in [5.74, 6) is 2.36. The minimum absolute atomic E-state index is 0.131. The molecule has 3 rings (SSSR count). The van der Waals surface area contributed by atoms with Crippen LogP contribution >= 0.6 is 0 Å². The molecule has 1 atom stereocenters. The van der Waals surface area contributed by atoms with Crippen LogP contribution in [0.1, 0.15) is 43.5 Å². The van der Waals surface area contributed by atoms with Gasteiger partial charge in [-0.2, -0.15) is 4.98 Å². The monoisotopic (exact) mass is 273 g/mol. The standard InChI is InChI=1S/C15H19N3O2/c1-15(2,9-16)14-17-13(18-20-14)11-7-8-19-12-6-4-3-5-10(11)12/h3-6,11H,7-9,16H2,1-2H3. The van der Waals surface area contributed by atoms with E-state index in [-0.39, 0.29) is 11.3 Å². The maximum Gasteiger partial charge on any atom is 0.233 e. The molecule has 0 aliphatic carbocycles. The van der Waals surface area contributed by atoms with Gasteiger partial charge in [-0.05, 0) is 26.3 Å². The lowest BCUT2D eigenvalue weighted by molar-refractivity contribution is 0.270. The highest BCUT2D eigenvalue weighted by molar-refractivity contribution is 5.40. The molecule has 2 heterocycles. The molecule has 1 aliphatic rings. The Kier molecular flexibility index (Phi) is 3.22. The number of aromatic nitrogens is 2. The van der Waals surface area contributed by atoms with Crippen molar-refractivity contribution in [3.05, 3.63) is 41.5 Å². The highest BCUT2D eigenvalue weighted by Crippen LogP contribution is 2.37. The maximum absolute atomic E-state index is 5.75. The highest BCUT2D eigenvalue weighted by atomic mass is 16.5. The van der Waals surface area contributed by atoms with Gasteiger partial charge in [-0.25, -0.2) is 0 Å². The second kappa shape index (κ2) is 4.90. The topological polar surface area (TPSA) is 74.2 Å². The highest BCUT2D eigenvalue weighted by Gasteiger charge is 2.31. The maximum atomic E-state index is 5.75. The number of nitrogens with two attached hydrogens (primary N) is 1. The minimum atomic E-state index is -0.296. The van der Waals surface area contributed by atoms with Crippen molar-refractivity contribution >= 4 is 0 Å². The molecule has 5 nitrogen and oxygen atoms in total. The molecule has 1 unspecified atom stereocenters. The fraction of sp³-hybridized carbons (Fsp3) is 0.467. The molecule has 2 N–H and O–H groups in total. The van der Waals surface area contributed by atoms with Gasteiger partial charge in [0.15, 0.2) is 5.82 Å². The van der Waals surface area contributed by atoms with Crippen molar-refractivity contribution in [3.63, 3.8) is 0 Å². The second-order valence-corrected chi connectivity index (χ2v) is 5.77. The Labute approximate surface area is 118 Å². The number of nitrogens with zero attached hydrogens (tertiary/aromatic N) is 2. The minimum Gasteiger partial charge on any atom is -0.493 e. The summed E-state index contributed by atoms with van der Waals surface area (Å²) in [5, 5.41) is 4.16. The van der Waals surface area contributed by atoms with Crippen molar-refractivity contribution in [2.45, 2.75) is 31.6 Å². The first kappa shape index (κ1) is 13.1. The zero-order valence-corrected chi connectivity index (χ0v) is 11.8. The van der Waals surface area contributed by atoms with Gasteiger partial charge in [0.25, 0.3) is 0 Å². The van der Waals surface area contributed by atoms with Crippen LogP contribution in [0.4, 0.5) is 0 Å². The lowest BCUT2D eigenvalue weighted by atomic mass is 9.91. The number of benzene rings is 1. The van der Waals surface area contributed by atoms with E-state index in [1.165, 1.54) is 0 Å². The second-order valence-electron chi connectivity index (χ2n) is 5.77. The molecule has 0 saturated carbocycles. The Hall–Kier alpha value is -1.88. The molecule has 0 fully saturated rings. The van der Waals surface area contributed by atoms with Gasteiger partial charge in [0.05, 0.1) is 17.9 Å². The third-order valence-electron chi connectivity index (χ3n) is 3.80. The van der Waals surface area contributed by atoms with Crippen molar-refractivity contribution in [2.75, 3.05) is 13.2 Å². The molecule has 1 aromatic carbocycles. The van der Waals surface area contributed by atoms with E-state index in [0.29, 0.717) is 19.0 Å². The van der Waals surface area contributed by atoms with Crippen molar-refractivity contribution in [3.8, 4) is 5.75 Å². The van der Waals surface area contributed by atoms with E-state index in [0.717, 1.165) is 23.6 Å². The lowest BCUT2D eigenvalue weighted by Crippen LogP contribution is -2.28. The molecule has 0 saturated heterocycles. The number of rotatable bonds is 3. The Balaban J connectivity index is 1.95. The zero-order chi connectivity index (χ0) is 14.2. The molecule has 1 aromatic heterocycles. The Bertz CT molecular complexity index is 607. The van der Waals surface area contributed by atoms with Crippen LogP contribution in [0, 0.1) is 0 Å². The Morgan fingerprint density at radius 2 is 2.15 bits per heavy atom. The molecule has 0 amide bonds. The number of fused-ring (bicyclic) bond motifs is 1. The van der Waals surface area contributed by atoms with Gasteiger partial charge < -0.3 is 15.0 Å². The average molecular weight is 273 g/mol. The molecule has 0 spiro atoms. The van der Waals surface area contributed by atoms with Gasteiger partial charge in [-0.15, -0.1) is 0 Å². The first-order valence-electron chi connectivity index (χ1n) is 6.88. The fourth-order valence-corrected chi connectivity index (χ4v) is 2.35. The van der Waals surface area contributed by atoms with E-state index in [1.807, 2.05) is 32.0 Å². The van der Waals surface area contributed by atoms with Gasteiger partial charge in [0.1, 0.15) is 5.75 Å². The lowest BCUT2D eigenvalue weighted by Gasteiger charge is -2.23. The van der Waals surface area contributed by atoms with Gasteiger partial charge >= 0.3 is 0 Å². The van der Waals surface area contributed by atoms with E-state index in [1.54, 1.807) is 0 Å². The largest absolute Gasteiger partial charge is 0.493 e. The molecule has 106 valence electrons. The molecule has 0 bridgehead atoms. The predicted molar refractivity (Wildman–Crippen MR) is 74.8 cm³/mol. The van der Waals surface area contributed by atoms with Crippen LogP contribution in [-0.2, 0) is 5.41 Å². The molecular weight excluding hydrogens is 254 g/mol. The van der Waals surface area contributed by atoms with Crippen molar-refractivity contribution in [1.82, 2.24) is 10.1 Å². The third-order valence-corrected chi connectivity index (χ3v) is 3.80. The Morgan fingerprint density at radius 3 is 2.95 bits per heavy atom. The van der Waals surface area contributed by atoms with Crippen LogP contribution in [0.15, 0.2) is 28.8 Å². The summed E-state index contributed by atoms with van der Waals surface area (Å²) >= 11 is 0. The third kappa shape index (κ3) is 2.18. The number of para-hydroxylation sites is 1. The molecule has 1 aliphatic heterocycles. The van der Waals surface area contributed by atoms with E-state index < -0.39 is 0 Å². The first-order chi connectivity index (χ1) is 9.62. The van der Waals surface area contributed by atoms with Gasteiger partial charge in [0.2, 0.25) is 5.89 Å². The van der Waals surface area contributed by atoms with Crippen LogP contribution in [-0.4, -0.2) is 23.3 Å². The fourth-order valence-electron chi connectivity index (χ4n) is 2.35. The summed E-state index contributed by atoms with van der Waals surface area (Å²) in [6.45, 7) is 5.15. The van der Waals surface area contributed by atoms with E-state index in [9.17, 15) is 0 Å².